The first-order chi connectivity index (χ1) is 9.11. The Kier molecular flexibility index (Phi) is 3.75. The van der Waals surface area contributed by atoms with E-state index in [2.05, 4.69) is 0 Å². The van der Waals surface area contributed by atoms with Gasteiger partial charge in [0.05, 0.1) is 19.2 Å². The van der Waals surface area contributed by atoms with Crippen LogP contribution in [0, 0.1) is 5.82 Å². The minimum Gasteiger partial charge on any atom is -0.497 e. The first kappa shape index (κ1) is 13.0. The lowest BCUT2D eigenvalue weighted by Gasteiger charge is -2.06. The van der Waals surface area contributed by atoms with Crippen molar-refractivity contribution < 1.29 is 13.9 Å². The van der Waals surface area contributed by atoms with E-state index in [4.69, 9.17) is 4.74 Å². The molecule has 2 aromatic rings. The van der Waals surface area contributed by atoms with E-state index in [0.717, 1.165) is 6.07 Å². The number of ketones is 1. The molecule has 0 saturated heterocycles. The second kappa shape index (κ2) is 5.48. The van der Waals surface area contributed by atoms with Gasteiger partial charge in [-0.25, -0.2) is 4.39 Å². The molecule has 19 heavy (non-hydrogen) atoms. The monoisotopic (exact) mass is 261 g/mol. The summed E-state index contributed by atoms with van der Waals surface area (Å²) in [5.41, 5.74) is -0.360. The lowest BCUT2D eigenvalue weighted by Crippen LogP contribution is -2.23. The third-order valence-electron chi connectivity index (χ3n) is 2.69. The van der Waals surface area contributed by atoms with Gasteiger partial charge < -0.3 is 9.30 Å². The number of carbonyl (C=O) groups excluding carboxylic acids is 1. The highest BCUT2D eigenvalue weighted by atomic mass is 19.1. The van der Waals surface area contributed by atoms with E-state index in [1.807, 2.05) is 0 Å². The van der Waals surface area contributed by atoms with Crippen molar-refractivity contribution >= 4 is 5.78 Å². The van der Waals surface area contributed by atoms with Gasteiger partial charge in [0, 0.05) is 18.3 Å². The summed E-state index contributed by atoms with van der Waals surface area (Å²) in [6, 6.07) is 8.56. The molecule has 1 aromatic heterocycles. The van der Waals surface area contributed by atoms with Crippen LogP contribution in [-0.2, 0) is 6.54 Å². The molecule has 5 heteroatoms. The minimum absolute atomic E-state index is 0.0587. The fourth-order valence-corrected chi connectivity index (χ4v) is 1.68. The number of aromatic nitrogens is 1. The van der Waals surface area contributed by atoms with Crippen molar-refractivity contribution in [3.05, 3.63) is 64.3 Å². The molecule has 0 bridgehead atoms. The first-order valence-electron chi connectivity index (χ1n) is 5.64. The maximum absolute atomic E-state index is 13.7. The standard InChI is InChI=1S/C14H12FNO3/c1-19-10-5-6-11(12(15)8-10)13(17)9-16-7-3-2-4-14(16)18/h2-8H,9H2,1H3. The predicted molar refractivity (Wildman–Crippen MR) is 68.0 cm³/mol. The van der Waals surface area contributed by atoms with Gasteiger partial charge in [0.15, 0.2) is 5.78 Å². The van der Waals surface area contributed by atoms with Gasteiger partial charge in [0.2, 0.25) is 0 Å². The van der Waals surface area contributed by atoms with E-state index in [0.29, 0.717) is 5.75 Å². The number of rotatable bonds is 4. The highest BCUT2D eigenvalue weighted by Crippen LogP contribution is 2.16. The van der Waals surface area contributed by atoms with Gasteiger partial charge in [-0.2, -0.15) is 0 Å². The molecule has 4 nitrogen and oxygen atoms in total. The van der Waals surface area contributed by atoms with Crippen molar-refractivity contribution in [3.63, 3.8) is 0 Å². The highest BCUT2D eigenvalue weighted by molar-refractivity contribution is 5.96. The van der Waals surface area contributed by atoms with E-state index >= 15 is 0 Å². The number of ether oxygens (including phenoxy) is 1. The van der Waals surface area contributed by atoms with Gasteiger partial charge in [0.25, 0.3) is 5.56 Å². The summed E-state index contributed by atoms with van der Waals surface area (Å²) in [6.07, 6.45) is 1.49. The Labute approximate surface area is 109 Å². The summed E-state index contributed by atoms with van der Waals surface area (Å²) in [6.45, 7) is -0.192. The summed E-state index contributed by atoms with van der Waals surface area (Å²) in [7, 11) is 1.42. The lowest BCUT2D eigenvalue weighted by atomic mass is 10.1. The molecular formula is C14H12FNO3. The van der Waals surface area contributed by atoms with Crippen LogP contribution < -0.4 is 10.3 Å². The van der Waals surface area contributed by atoms with Gasteiger partial charge in [-0.3, -0.25) is 9.59 Å². The van der Waals surface area contributed by atoms with Crippen LogP contribution in [0.3, 0.4) is 0 Å². The molecule has 0 spiro atoms. The van der Waals surface area contributed by atoms with Crippen molar-refractivity contribution in [2.24, 2.45) is 0 Å². The van der Waals surface area contributed by atoms with Crippen molar-refractivity contribution in [1.29, 1.82) is 0 Å². The normalized spacial score (nSPS) is 10.2. The van der Waals surface area contributed by atoms with Crippen LogP contribution in [0.25, 0.3) is 0 Å². The predicted octanol–water partition coefficient (Wildman–Crippen LogP) is 1.88. The van der Waals surface area contributed by atoms with Gasteiger partial charge in [0.1, 0.15) is 11.6 Å². The van der Waals surface area contributed by atoms with Crippen LogP contribution in [0.4, 0.5) is 4.39 Å². The summed E-state index contributed by atoms with van der Waals surface area (Å²) in [5.74, 6) is -0.785. The fraction of sp³-hybridized carbons (Fsp3) is 0.143. The zero-order valence-electron chi connectivity index (χ0n) is 10.3. The molecule has 0 fully saturated rings. The third-order valence-corrected chi connectivity index (χ3v) is 2.69. The largest absolute Gasteiger partial charge is 0.497 e. The van der Waals surface area contributed by atoms with Crippen LogP contribution in [0.2, 0.25) is 0 Å². The molecule has 0 aliphatic carbocycles. The molecule has 1 aromatic carbocycles. The molecule has 0 unspecified atom stereocenters. The molecule has 98 valence electrons. The fourth-order valence-electron chi connectivity index (χ4n) is 1.68. The number of halogens is 1. The Hall–Kier alpha value is -2.43. The molecule has 0 N–H and O–H groups in total. The molecular weight excluding hydrogens is 249 g/mol. The maximum Gasteiger partial charge on any atom is 0.250 e. The number of carbonyl (C=O) groups is 1. The zero-order valence-corrected chi connectivity index (χ0v) is 10.3. The van der Waals surface area contributed by atoms with Gasteiger partial charge in [-0.15, -0.1) is 0 Å². The summed E-state index contributed by atoms with van der Waals surface area (Å²) < 4.78 is 19.8. The van der Waals surface area contributed by atoms with Crippen LogP contribution in [-0.4, -0.2) is 17.5 Å². The Morgan fingerprint density at radius 2 is 2.11 bits per heavy atom. The smallest absolute Gasteiger partial charge is 0.250 e. The topological polar surface area (TPSA) is 48.3 Å². The van der Waals surface area contributed by atoms with Gasteiger partial charge in [-0.05, 0) is 18.2 Å². The number of hydrogen-bond donors (Lipinski definition) is 0. The lowest BCUT2D eigenvalue weighted by molar-refractivity contribution is 0.0967. The van der Waals surface area contributed by atoms with Crippen molar-refractivity contribution in [2.45, 2.75) is 6.54 Å². The van der Waals surface area contributed by atoms with Crippen molar-refractivity contribution in [1.82, 2.24) is 4.57 Å². The molecule has 0 saturated carbocycles. The van der Waals surface area contributed by atoms with Crippen molar-refractivity contribution in [3.8, 4) is 5.75 Å². The summed E-state index contributed by atoms with van der Waals surface area (Å²) in [5, 5.41) is 0. The molecule has 2 rings (SSSR count). The van der Waals surface area contributed by atoms with Gasteiger partial charge in [-0.1, -0.05) is 6.07 Å². The Morgan fingerprint density at radius 3 is 2.74 bits per heavy atom. The van der Waals surface area contributed by atoms with E-state index < -0.39 is 11.6 Å². The number of nitrogens with zero attached hydrogens (tertiary/aromatic N) is 1. The van der Waals surface area contributed by atoms with Crippen LogP contribution in [0.5, 0.6) is 5.75 Å². The van der Waals surface area contributed by atoms with Crippen LogP contribution >= 0.6 is 0 Å². The Bertz CT molecular complexity index is 664. The van der Waals surface area contributed by atoms with Crippen LogP contribution in [0.1, 0.15) is 10.4 Å². The molecule has 0 aliphatic heterocycles. The van der Waals surface area contributed by atoms with E-state index in [-0.39, 0.29) is 17.7 Å². The Morgan fingerprint density at radius 1 is 1.32 bits per heavy atom. The molecule has 0 aliphatic rings. The summed E-state index contributed by atoms with van der Waals surface area (Å²) >= 11 is 0. The molecule has 0 amide bonds. The van der Waals surface area contributed by atoms with E-state index in [1.165, 1.54) is 36.1 Å². The SMILES string of the molecule is COc1ccc(C(=O)Cn2ccccc2=O)c(F)c1. The molecule has 0 atom stereocenters. The zero-order chi connectivity index (χ0) is 13.8. The number of methoxy groups -OCH3 is 1. The number of hydrogen-bond acceptors (Lipinski definition) is 3. The third kappa shape index (κ3) is 2.88. The van der Waals surface area contributed by atoms with E-state index in [9.17, 15) is 14.0 Å². The minimum atomic E-state index is -0.659. The number of Topliss-reactive ketones (excluding diaryl/α,β-unsaturated/α-hetero) is 1. The Balaban J connectivity index is 2.26. The summed E-state index contributed by atoms with van der Waals surface area (Å²) in [4.78, 5) is 23.4. The van der Waals surface area contributed by atoms with Crippen molar-refractivity contribution in [2.75, 3.05) is 7.11 Å². The second-order valence-corrected chi connectivity index (χ2v) is 3.94. The molecule has 1 heterocycles. The molecule has 0 radical (unpaired) electrons. The van der Waals surface area contributed by atoms with E-state index in [1.54, 1.807) is 12.1 Å². The number of benzene rings is 1. The van der Waals surface area contributed by atoms with Gasteiger partial charge >= 0.3 is 0 Å². The number of pyridine rings is 1. The highest BCUT2D eigenvalue weighted by Gasteiger charge is 2.13. The first-order valence-corrected chi connectivity index (χ1v) is 5.64. The van der Waals surface area contributed by atoms with Crippen LogP contribution in [0.15, 0.2) is 47.4 Å². The quantitative estimate of drug-likeness (QED) is 0.789. The average Bonchev–Trinajstić information content (AvgIpc) is 2.41. The average molecular weight is 261 g/mol. The second-order valence-electron chi connectivity index (χ2n) is 3.94. The maximum atomic E-state index is 13.7.